The summed E-state index contributed by atoms with van der Waals surface area (Å²) in [5.41, 5.74) is 8.84. The van der Waals surface area contributed by atoms with Gasteiger partial charge in [0, 0.05) is 6.20 Å². The van der Waals surface area contributed by atoms with E-state index in [0.29, 0.717) is 11.4 Å². The van der Waals surface area contributed by atoms with Gasteiger partial charge in [0.25, 0.3) is 0 Å². The number of rotatable bonds is 1. The molecule has 0 aromatic carbocycles. The van der Waals surface area contributed by atoms with E-state index in [2.05, 4.69) is 15.0 Å². The lowest BCUT2D eigenvalue weighted by atomic mass is 10.2. The van der Waals surface area contributed by atoms with Gasteiger partial charge in [0.15, 0.2) is 0 Å². The number of nitrogens with two attached hydrogens (primary N) is 1. The van der Waals surface area contributed by atoms with Crippen molar-refractivity contribution in [1.29, 1.82) is 0 Å². The van der Waals surface area contributed by atoms with Crippen molar-refractivity contribution in [3.05, 3.63) is 36.4 Å². The molecule has 4 heteroatoms. The number of nitrogens with zero attached hydrogens (tertiary/aromatic N) is 3. The van der Waals surface area contributed by atoms with Gasteiger partial charge in [-0.1, -0.05) is 6.07 Å². The number of pyridine rings is 1. The van der Waals surface area contributed by atoms with Gasteiger partial charge in [-0.05, 0) is 18.6 Å². The maximum Gasteiger partial charge on any atom is 0.116 e. The predicted octanol–water partition coefficient (Wildman–Crippen LogP) is 1.43. The summed E-state index contributed by atoms with van der Waals surface area (Å²) in [5, 5.41) is 0. The van der Waals surface area contributed by atoms with E-state index in [9.17, 15) is 0 Å². The highest BCUT2D eigenvalue weighted by atomic mass is 14.9. The highest BCUT2D eigenvalue weighted by Crippen LogP contribution is 2.19. The van der Waals surface area contributed by atoms with Crippen molar-refractivity contribution in [3.63, 3.8) is 0 Å². The van der Waals surface area contributed by atoms with E-state index in [1.807, 2.05) is 19.1 Å². The van der Waals surface area contributed by atoms with E-state index in [1.54, 1.807) is 12.4 Å². The Kier molecular flexibility index (Phi) is 2.10. The third-order valence-corrected chi connectivity index (χ3v) is 1.89. The molecule has 0 amide bonds. The van der Waals surface area contributed by atoms with Crippen LogP contribution in [0.1, 0.15) is 5.56 Å². The fraction of sp³-hybridized carbons (Fsp3) is 0.100. The fourth-order valence-electron chi connectivity index (χ4n) is 1.16. The van der Waals surface area contributed by atoms with Gasteiger partial charge < -0.3 is 5.73 Å². The van der Waals surface area contributed by atoms with Crippen LogP contribution in [0.15, 0.2) is 30.9 Å². The molecule has 2 rings (SSSR count). The highest BCUT2D eigenvalue weighted by Gasteiger charge is 2.03. The molecule has 0 aliphatic rings. The van der Waals surface area contributed by atoms with Crippen LogP contribution in [0.4, 0.5) is 5.69 Å². The first-order valence-electron chi connectivity index (χ1n) is 4.26. The minimum Gasteiger partial charge on any atom is -0.396 e. The van der Waals surface area contributed by atoms with Crippen molar-refractivity contribution in [1.82, 2.24) is 15.0 Å². The second-order valence-electron chi connectivity index (χ2n) is 3.05. The fourth-order valence-corrected chi connectivity index (χ4v) is 1.16. The summed E-state index contributed by atoms with van der Waals surface area (Å²) in [4.78, 5) is 12.1. The first kappa shape index (κ1) is 8.62. The quantitative estimate of drug-likeness (QED) is 0.731. The third kappa shape index (κ3) is 1.54. The van der Waals surface area contributed by atoms with Gasteiger partial charge in [0.2, 0.25) is 0 Å². The number of aromatic nitrogens is 3. The van der Waals surface area contributed by atoms with Crippen molar-refractivity contribution in [2.75, 3.05) is 5.73 Å². The third-order valence-electron chi connectivity index (χ3n) is 1.89. The number of hydrogen-bond donors (Lipinski definition) is 1. The van der Waals surface area contributed by atoms with Gasteiger partial charge in [-0.2, -0.15) is 0 Å². The Balaban J connectivity index is 2.50. The van der Waals surface area contributed by atoms with Gasteiger partial charge in [-0.15, -0.1) is 0 Å². The van der Waals surface area contributed by atoms with E-state index >= 15 is 0 Å². The molecule has 0 aliphatic carbocycles. The molecule has 70 valence electrons. The van der Waals surface area contributed by atoms with Crippen LogP contribution in [0, 0.1) is 6.92 Å². The van der Waals surface area contributed by atoms with E-state index < -0.39 is 0 Å². The van der Waals surface area contributed by atoms with Crippen molar-refractivity contribution in [3.8, 4) is 11.4 Å². The van der Waals surface area contributed by atoms with Crippen molar-refractivity contribution >= 4 is 5.69 Å². The predicted molar refractivity (Wildman–Crippen MR) is 54.4 cm³/mol. The zero-order chi connectivity index (χ0) is 9.97. The van der Waals surface area contributed by atoms with E-state index in [1.165, 1.54) is 6.33 Å². The number of anilines is 1. The Morgan fingerprint density at radius 1 is 1.14 bits per heavy atom. The zero-order valence-corrected chi connectivity index (χ0v) is 7.81. The molecule has 0 bridgehead atoms. The standard InChI is InChI=1S/C10H10N4/c1-7-2-3-9(13-4-7)10-8(11)5-12-6-14-10/h2-6H,11H2,1H3. The summed E-state index contributed by atoms with van der Waals surface area (Å²) in [5.74, 6) is 0. The Bertz CT molecular complexity index is 436. The minimum atomic E-state index is 0.545. The molecule has 2 aromatic rings. The molecular formula is C10H10N4. The van der Waals surface area contributed by atoms with Crippen molar-refractivity contribution in [2.24, 2.45) is 0 Å². The summed E-state index contributed by atoms with van der Waals surface area (Å²) in [7, 11) is 0. The largest absolute Gasteiger partial charge is 0.396 e. The minimum absolute atomic E-state index is 0.545. The van der Waals surface area contributed by atoms with Crippen molar-refractivity contribution < 1.29 is 0 Å². The number of aryl methyl sites for hydroxylation is 1. The van der Waals surface area contributed by atoms with Gasteiger partial charge in [-0.25, -0.2) is 9.97 Å². The van der Waals surface area contributed by atoms with Gasteiger partial charge in [0.1, 0.15) is 12.0 Å². The van der Waals surface area contributed by atoms with Crippen LogP contribution in [0.5, 0.6) is 0 Å². The lowest BCUT2D eigenvalue weighted by Crippen LogP contribution is -1.95. The first-order valence-corrected chi connectivity index (χ1v) is 4.26. The number of hydrogen-bond acceptors (Lipinski definition) is 4. The van der Waals surface area contributed by atoms with Crippen LogP contribution in [-0.2, 0) is 0 Å². The SMILES string of the molecule is Cc1ccc(-c2ncncc2N)nc1. The summed E-state index contributed by atoms with van der Waals surface area (Å²) in [6, 6.07) is 3.87. The Hall–Kier alpha value is -1.97. The molecule has 0 spiro atoms. The average Bonchev–Trinajstić information content (AvgIpc) is 2.20. The molecule has 4 nitrogen and oxygen atoms in total. The molecule has 0 fully saturated rings. The van der Waals surface area contributed by atoms with Crippen LogP contribution in [0.25, 0.3) is 11.4 Å². The lowest BCUT2D eigenvalue weighted by Gasteiger charge is -2.02. The van der Waals surface area contributed by atoms with E-state index in [4.69, 9.17) is 5.73 Å². The monoisotopic (exact) mass is 186 g/mol. The van der Waals surface area contributed by atoms with Crippen LogP contribution in [-0.4, -0.2) is 15.0 Å². The maximum absolute atomic E-state index is 5.73. The average molecular weight is 186 g/mol. The first-order chi connectivity index (χ1) is 6.77. The molecule has 0 saturated carbocycles. The second-order valence-corrected chi connectivity index (χ2v) is 3.05. The molecule has 14 heavy (non-hydrogen) atoms. The van der Waals surface area contributed by atoms with E-state index in [0.717, 1.165) is 11.3 Å². The normalized spacial score (nSPS) is 10.1. The van der Waals surface area contributed by atoms with Crippen LogP contribution in [0.3, 0.4) is 0 Å². The number of nitrogen functional groups attached to an aromatic ring is 1. The maximum atomic E-state index is 5.73. The Morgan fingerprint density at radius 3 is 2.64 bits per heavy atom. The molecule has 2 heterocycles. The zero-order valence-electron chi connectivity index (χ0n) is 7.81. The van der Waals surface area contributed by atoms with Crippen LogP contribution in [0.2, 0.25) is 0 Å². The van der Waals surface area contributed by atoms with Crippen LogP contribution >= 0.6 is 0 Å². The summed E-state index contributed by atoms with van der Waals surface area (Å²) in [6.07, 6.45) is 4.83. The van der Waals surface area contributed by atoms with Gasteiger partial charge >= 0.3 is 0 Å². The van der Waals surface area contributed by atoms with E-state index in [-0.39, 0.29) is 0 Å². The topological polar surface area (TPSA) is 64.7 Å². The van der Waals surface area contributed by atoms with Gasteiger partial charge in [0.05, 0.1) is 17.6 Å². The molecule has 2 aromatic heterocycles. The summed E-state index contributed by atoms with van der Waals surface area (Å²) in [6.45, 7) is 1.99. The molecule has 0 aliphatic heterocycles. The molecule has 2 N–H and O–H groups in total. The summed E-state index contributed by atoms with van der Waals surface area (Å²) < 4.78 is 0. The smallest absolute Gasteiger partial charge is 0.116 e. The molecule has 0 radical (unpaired) electrons. The van der Waals surface area contributed by atoms with Gasteiger partial charge in [-0.3, -0.25) is 4.98 Å². The Labute approximate surface area is 81.9 Å². The molecular weight excluding hydrogens is 176 g/mol. The molecule has 0 atom stereocenters. The lowest BCUT2D eigenvalue weighted by molar-refractivity contribution is 1.15. The molecule has 0 unspecified atom stereocenters. The highest BCUT2D eigenvalue weighted by molar-refractivity contribution is 5.68. The summed E-state index contributed by atoms with van der Waals surface area (Å²) >= 11 is 0. The van der Waals surface area contributed by atoms with Crippen LogP contribution < -0.4 is 5.73 Å². The molecule has 0 saturated heterocycles. The Morgan fingerprint density at radius 2 is 2.00 bits per heavy atom. The second kappa shape index (κ2) is 3.41. The van der Waals surface area contributed by atoms with Crippen molar-refractivity contribution in [2.45, 2.75) is 6.92 Å².